The Morgan fingerprint density at radius 1 is 0.830 bits per heavy atom. The van der Waals surface area contributed by atoms with Gasteiger partial charge in [0, 0.05) is 34.7 Å². The number of nitrogens with zero attached hydrogens (tertiary/aromatic N) is 2. The number of hydrogen-bond donors (Lipinski definition) is 1. The number of aromatic nitrogens is 2. The third-order valence-electron chi connectivity index (χ3n) is 7.05. The predicted octanol–water partition coefficient (Wildman–Crippen LogP) is 7.41. The van der Waals surface area contributed by atoms with Gasteiger partial charge in [0.15, 0.2) is 11.5 Å². The van der Waals surface area contributed by atoms with Crippen molar-refractivity contribution in [2.45, 2.75) is 20.5 Å². The fourth-order valence-corrected chi connectivity index (χ4v) is 5.55. The van der Waals surface area contributed by atoms with Crippen molar-refractivity contribution >= 4 is 63.2 Å². The standard InChI is InChI=1S/C34H32BrN3O7.2ClH/c1-5-43-26-17-24-25(18-27(26)45-19-20-11-13-37-14-12-20)33(39)38(23-9-7-22(36)8-10-23)32(34(40)44-6-2)30(24)21-15-28(41-3)31(35)29(16-21)42-4;;/h7-18H,5-6,19,36H2,1-4H3;2*1H. The van der Waals surface area contributed by atoms with Crippen LogP contribution in [0.3, 0.4) is 0 Å². The molecule has 0 aliphatic rings. The lowest BCUT2D eigenvalue weighted by molar-refractivity contribution is 0.0517. The highest BCUT2D eigenvalue weighted by Gasteiger charge is 2.28. The molecule has 0 radical (unpaired) electrons. The number of nitrogens with two attached hydrogens (primary N) is 1. The van der Waals surface area contributed by atoms with Crippen LogP contribution in [0, 0.1) is 0 Å². The first kappa shape index (κ1) is 37.0. The van der Waals surface area contributed by atoms with Crippen LogP contribution in [0.25, 0.3) is 27.6 Å². The molecule has 2 aromatic heterocycles. The van der Waals surface area contributed by atoms with Gasteiger partial charge in [0.05, 0.1) is 32.8 Å². The second kappa shape index (κ2) is 16.4. The van der Waals surface area contributed by atoms with Crippen LogP contribution in [0.5, 0.6) is 23.0 Å². The molecule has 0 unspecified atom stereocenters. The van der Waals surface area contributed by atoms with Gasteiger partial charge in [-0.05, 0) is 102 Å². The Morgan fingerprint density at radius 3 is 2.00 bits per heavy atom. The molecule has 0 atom stereocenters. The van der Waals surface area contributed by atoms with Gasteiger partial charge in [-0.1, -0.05) is 0 Å². The monoisotopic (exact) mass is 745 g/mol. The largest absolute Gasteiger partial charge is 0.495 e. The maximum atomic E-state index is 14.5. The zero-order chi connectivity index (χ0) is 32.1. The second-order valence-corrected chi connectivity index (χ2v) is 10.6. The number of pyridine rings is 2. The van der Waals surface area contributed by atoms with Gasteiger partial charge in [-0.15, -0.1) is 24.8 Å². The quantitative estimate of drug-likeness (QED) is 0.109. The topological polar surface area (TPSA) is 124 Å². The molecule has 47 heavy (non-hydrogen) atoms. The lowest BCUT2D eigenvalue weighted by Crippen LogP contribution is -2.27. The predicted molar refractivity (Wildman–Crippen MR) is 190 cm³/mol. The molecule has 0 saturated carbocycles. The van der Waals surface area contributed by atoms with Gasteiger partial charge in [0.1, 0.15) is 28.3 Å². The molecule has 0 spiro atoms. The zero-order valence-corrected chi connectivity index (χ0v) is 29.3. The Labute approximate surface area is 292 Å². The minimum atomic E-state index is -0.694. The lowest BCUT2D eigenvalue weighted by atomic mass is 9.95. The van der Waals surface area contributed by atoms with E-state index in [0.29, 0.717) is 62.0 Å². The number of carbonyl (C=O) groups excluding carboxylic acids is 1. The molecule has 3 aromatic carbocycles. The SMILES string of the molecule is CCOC(=O)c1c(-c2cc(OC)c(Br)c(OC)c2)c2cc(OCC)c(OCc3ccncc3)cc2c(=O)n1-c1ccc(N)cc1.Cl.Cl. The summed E-state index contributed by atoms with van der Waals surface area (Å²) in [7, 11) is 3.06. The fourth-order valence-electron chi connectivity index (χ4n) is 4.99. The maximum absolute atomic E-state index is 14.5. The van der Waals surface area contributed by atoms with E-state index in [-0.39, 0.29) is 49.1 Å². The van der Waals surface area contributed by atoms with Gasteiger partial charge in [-0.3, -0.25) is 14.3 Å². The van der Waals surface area contributed by atoms with Crippen LogP contribution in [0.2, 0.25) is 0 Å². The van der Waals surface area contributed by atoms with Gasteiger partial charge >= 0.3 is 5.97 Å². The summed E-state index contributed by atoms with van der Waals surface area (Å²) in [5.41, 5.74) is 8.28. The molecular formula is C34H34BrCl2N3O7. The van der Waals surface area contributed by atoms with Crippen molar-refractivity contribution in [2.75, 3.05) is 33.2 Å². The zero-order valence-electron chi connectivity index (χ0n) is 26.1. The van der Waals surface area contributed by atoms with Crippen LogP contribution in [-0.4, -0.2) is 43.0 Å². The van der Waals surface area contributed by atoms with Gasteiger partial charge < -0.3 is 29.4 Å². The Kier molecular flexibility index (Phi) is 12.9. The smallest absolute Gasteiger partial charge is 0.356 e. The average Bonchev–Trinajstić information content (AvgIpc) is 3.05. The number of ether oxygens (including phenoxy) is 5. The Hall–Kier alpha value is -4.45. The summed E-state index contributed by atoms with van der Waals surface area (Å²) in [6.07, 6.45) is 3.36. The summed E-state index contributed by atoms with van der Waals surface area (Å²) in [6.45, 7) is 4.20. The Bertz CT molecular complexity index is 1900. The first-order chi connectivity index (χ1) is 21.8. The van der Waals surface area contributed by atoms with E-state index in [1.807, 2.05) is 19.1 Å². The number of methoxy groups -OCH3 is 2. The Morgan fingerprint density at radius 2 is 1.43 bits per heavy atom. The summed E-state index contributed by atoms with van der Waals surface area (Å²) < 4.78 is 31.0. The molecule has 0 aliphatic carbocycles. The van der Waals surface area contributed by atoms with E-state index in [2.05, 4.69) is 20.9 Å². The van der Waals surface area contributed by atoms with Gasteiger partial charge in [-0.2, -0.15) is 0 Å². The molecule has 0 aliphatic heterocycles. The molecule has 2 N–H and O–H groups in total. The van der Waals surface area contributed by atoms with Gasteiger partial charge in [0.25, 0.3) is 5.56 Å². The number of fused-ring (bicyclic) bond motifs is 1. The van der Waals surface area contributed by atoms with E-state index < -0.39 is 11.5 Å². The number of hydrogen-bond acceptors (Lipinski definition) is 9. The molecule has 13 heteroatoms. The minimum absolute atomic E-state index is 0. The van der Waals surface area contributed by atoms with E-state index in [0.717, 1.165) is 5.56 Å². The Balaban J connectivity index is 0.00000300. The van der Waals surface area contributed by atoms with Crippen molar-refractivity contribution < 1.29 is 28.5 Å². The van der Waals surface area contributed by atoms with E-state index in [1.165, 1.54) is 18.8 Å². The molecule has 248 valence electrons. The highest BCUT2D eigenvalue weighted by molar-refractivity contribution is 9.10. The fraction of sp³-hybridized carbons (Fsp3) is 0.206. The number of esters is 1. The molecule has 10 nitrogen and oxygen atoms in total. The maximum Gasteiger partial charge on any atom is 0.356 e. The number of nitrogen functional groups attached to an aromatic ring is 1. The lowest BCUT2D eigenvalue weighted by Gasteiger charge is -2.22. The van der Waals surface area contributed by atoms with Crippen molar-refractivity contribution in [2.24, 2.45) is 0 Å². The van der Waals surface area contributed by atoms with E-state index in [4.69, 9.17) is 29.4 Å². The summed E-state index contributed by atoms with van der Waals surface area (Å²) in [5, 5.41) is 0.727. The first-order valence-electron chi connectivity index (χ1n) is 14.2. The molecule has 0 amide bonds. The minimum Gasteiger partial charge on any atom is -0.495 e. The van der Waals surface area contributed by atoms with Crippen LogP contribution in [-0.2, 0) is 11.3 Å². The van der Waals surface area contributed by atoms with Crippen LogP contribution in [0.1, 0.15) is 29.9 Å². The normalized spacial score (nSPS) is 10.4. The van der Waals surface area contributed by atoms with Gasteiger partial charge in [-0.25, -0.2) is 4.79 Å². The number of anilines is 1. The van der Waals surface area contributed by atoms with Crippen LogP contribution in [0.4, 0.5) is 5.69 Å². The molecule has 5 aromatic rings. The highest BCUT2D eigenvalue weighted by atomic mass is 79.9. The summed E-state index contributed by atoms with van der Waals surface area (Å²) in [6, 6.07) is 17.2. The van der Waals surface area contributed by atoms with Crippen LogP contribution in [0.15, 0.2) is 82.3 Å². The number of rotatable bonds is 11. The average molecular weight is 747 g/mol. The molecule has 5 rings (SSSR count). The van der Waals surface area contributed by atoms with Gasteiger partial charge in [0.2, 0.25) is 0 Å². The third-order valence-corrected chi connectivity index (χ3v) is 7.83. The number of benzene rings is 3. The summed E-state index contributed by atoms with van der Waals surface area (Å²) in [5.74, 6) is 0.985. The van der Waals surface area contributed by atoms with Crippen LogP contribution >= 0.6 is 40.7 Å². The number of halogens is 3. The molecule has 0 saturated heterocycles. The number of carbonyl (C=O) groups is 1. The third kappa shape index (κ3) is 7.59. The van der Waals surface area contributed by atoms with Crippen molar-refractivity contribution in [1.82, 2.24) is 9.55 Å². The highest BCUT2D eigenvalue weighted by Crippen LogP contribution is 2.44. The molecule has 0 bridgehead atoms. The van der Waals surface area contributed by atoms with Crippen molar-refractivity contribution in [3.63, 3.8) is 0 Å². The second-order valence-electron chi connectivity index (χ2n) is 9.79. The summed E-state index contributed by atoms with van der Waals surface area (Å²) >= 11 is 3.53. The van der Waals surface area contributed by atoms with Crippen LogP contribution < -0.4 is 30.2 Å². The summed E-state index contributed by atoms with van der Waals surface area (Å²) in [4.78, 5) is 32.4. The molecule has 0 fully saturated rings. The molecular weight excluding hydrogens is 713 g/mol. The van der Waals surface area contributed by atoms with Crippen molar-refractivity contribution in [3.8, 4) is 39.8 Å². The first-order valence-corrected chi connectivity index (χ1v) is 15.0. The van der Waals surface area contributed by atoms with Crippen molar-refractivity contribution in [3.05, 3.63) is 99.1 Å². The molecule has 2 heterocycles. The van der Waals surface area contributed by atoms with E-state index >= 15 is 0 Å². The van der Waals surface area contributed by atoms with Crippen molar-refractivity contribution in [1.29, 1.82) is 0 Å². The van der Waals surface area contributed by atoms with E-state index in [1.54, 1.807) is 67.8 Å². The van der Waals surface area contributed by atoms with E-state index in [9.17, 15) is 9.59 Å².